The highest BCUT2D eigenvalue weighted by atomic mass is 19.3. The van der Waals surface area contributed by atoms with Gasteiger partial charge in [-0.05, 0) is 0 Å². The van der Waals surface area contributed by atoms with Gasteiger partial charge < -0.3 is 4.79 Å². The summed E-state index contributed by atoms with van der Waals surface area (Å²) in [6, 6.07) is 0. The van der Waals surface area contributed by atoms with E-state index in [0.717, 1.165) is 0 Å². The van der Waals surface area contributed by atoms with Gasteiger partial charge in [-0.15, -0.1) is 0 Å². The van der Waals surface area contributed by atoms with Crippen molar-refractivity contribution in [3.63, 3.8) is 0 Å². The van der Waals surface area contributed by atoms with E-state index < -0.39 is 18.2 Å². The molecule has 0 unspecified atom stereocenters. The van der Waals surface area contributed by atoms with Crippen LogP contribution >= 0.6 is 0 Å². The zero-order valence-electron chi connectivity index (χ0n) is 4.30. The second-order valence-corrected chi connectivity index (χ2v) is 1.16. The summed E-state index contributed by atoms with van der Waals surface area (Å²) in [6.07, 6.45) is -0.442. The molecule has 0 fully saturated rings. The first-order valence-electron chi connectivity index (χ1n) is 2.01. The van der Waals surface area contributed by atoms with E-state index in [1.807, 2.05) is 0 Å². The molecule has 50 valence electrons. The average molecular weight is 134 g/mol. The molecule has 0 aliphatic heterocycles. The van der Waals surface area contributed by atoms with Gasteiger partial charge in [0.2, 0.25) is 0 Å². The molecule has 0 saturated heterocycles. The Morgan fingerprint density at radius 3 is 2.44 bits per heavy atom. The van der Waals surface area contributed by atoms with Crippen LogP contribution in [0.5, 0.6) is 0 Å². The van der Waals surface area contributed by atoms with Crippen LogP contribution in [0, 0.1) is 0 Å². The van der Waals surface area contributed by atoms with Crippen LogP contribution in [-0.4, -0.2) is 18.0 Å². The SMILES string of the molecule is O=CCC(=O)C(=O)OF. The zero-order chi connectivity index (χ0) is 7.28. The van der Waals surface area contributed by atoms with E-state index in [2.05, 4.69) is 4.94 Å². The van der Waals surface area contributed by atoms with Crippen LogP contribution in [-0.2, 0) is 19.3 Å². The maximum Gasteiger partial charge on any atom is 0.415 e. The van der Waals surface area contributed by atoms with Crippen molar-refractivity contribution >= 4 is 18.0 Å². The summed E-state index contributed by atoms with van der Waals surface area (Å²) in [5.41, 5.74) is 0. The summed E-state index contributed by atoms with van der Waals surface area (Å²) in [6.45, 7) is 0. The molecule has 0 saturated carbocycles. The van der Waals surface area contributed by atoms with Gasteiger partial charge in [0.15, 0.2) is 0 Å². The first-order valence-corrected chi connectivity index (χ1v) is 2.01. The molecule has 0 N–H and O–H groups in total. The molecule has 0 aromatic carbocycles. The Labute approximate surface area is 49.5 Å². The number of aldehydes is 1. The summed E-state index contributed by atoms with van der Waals surface area (Å²) in [4.78, 5) is 31.8. The highest BCUT2D eigenvalue weighted by Crippen LogP contribution is 1.83. The van der Waals surface area contributed by atoms with E-state index in [-0.39, 0.29) is 6.29 Å². The molecule has 0 heterocycles. The Bertz CT molecular complexity index is 142. The molecule has 5 heteroatoms. The van der Waals surface area contributed by atoms with Crippen LogP contribution in [0.1, 0.15) is 6.42 Å². The van der Waals surface area contributed by atoms with E-state index >= 15 is 0 Å². The molecule has 0 spiro atoms. The van der Waals surface area contributed by atoms with Gasteiger partial charge in [-0.2, -0.15) is 0 Å². The van der Waals surface area contributed by atoms with E-state index in [0.29, 0.717) is 0 Å². The number of carbonyl (C=O) groups is 3. The summed E-state index contributed by atoms with van der Waals surface area (Å²) in [5.74, 6) is -2.82. The number of carbonyl (C=O) groups excluding carboxylic acids is 3. The van der Waals surface area contributed by atoms with Crippen molar-refractivity contribution in [1.29, 1.82) is 0 Å². The highest BCUT2D eigenvalue weighted by molar-refractivity contribution is 6.35. The Morgan fingerprint density at radius 2 is 2.11 bits per heavy atom. The van der Waals surface area contributed by atoms with Crippen LogP contribution in [0.25, 0.3) is 0 Å². The summed E-state index contributed by atoms with van der Waals surface area (Å²) in [7, 11) is 0. The van der Waals surface area contributed by atoms with Crippen LogP contribution in [0.4, 0.5) is 4.53 Å². The molecule has 0 amide bonds. The average Bonchev–Trinajstić information content (AvgIpc) is 1.87. The minimum atomic E-state index is -1.64. The number of rotatable bonds is 3. The molecule has 0 atom stereocenters. The third-order valence-corrected chi connectivity index (χ3v) is 0.566. The van der Waals surface area contributed by atoms with Gasteiger partial charge in [0.05, 0.1) is 6.42 Å². The third-order valence-electron chi connectivity index (χ3n) is 0.566. The monoisotopic (exact) mass is 134 g/mol. The number of halogens is 1. The van der Waals surface area contributed by atoms with Crippen LogP contribution in [0.2, 0.25) is 0 Å². The van der Waals surface area contributed by atoms with Crippen LogP contribution in [0.3, 0.4) is 0 Å². The highest BCUT2D eigenvalue weighted by Gasteiger charge is 2.14. The summed E-state index contributed by atoms with van der Waals surface area (Å²) in [5, 5.41) is 0. The fourth-order valence-corrected chi connectivity index (χ4v) is 0.202. The Morgan fingerprint density at radius 1 is 1.56 bits per heavy atom. The van der Waals surface area contributed by atoms with Crippen LogP contribution in [0.15, 0.2) is 0 Å². The van der Waals surface area contributed by atoms with Crippen molar-refractivity contribution < 1.29 is 23.9 Å². The first kappa shape index (κ1) is 7.74. The van der Waals surface area contributed by atoms with Crippen molar-refractivity contribution in [2.45, 2.75) is 6.42 Å². The predicted octanol–water partition coefficient (Wildman–Crippen LogP) is -0.428. The molecule has 0 aliphatic carbocycles. The lowest BCUT2D eigenvalue weighted by molar-refractivity contribution is -0.186. The minimum absolute atomic E-state index is 0.194. The number of hydrogen-bond acceptors (Lipinski definition) is 4. The third kappa shape index (κ3) is 2.53. The van der Waals surface area contributed by atoms with Gasteiger partial charge in [0.25, 0.3) is 5.78 Å². The molecule has 0 aromatic rings. The van der Waals surface area contributed by atoms with Crippen LogP contribution < -0.4 is 0 Å². The Balaban J connectivity index is 3.73. The second kappa shape index (κ2) is 3.71. The number of ketones is 1. The quantitative estimate of drug-likeness (QED) is 0.298. The molecule has 4 nitrogen and oxygen atoms in total. The molecular weight excluding hydrogens is 131 g/mol. The zero-order valence-corrected chi connectivity index (χ0v) is 4.30. The molecular formula is C4H3FO4. The lowest BCUT2D eigenvalue weighted by atomic mass is 10.3. The number of Topliss-reactive ketones (excluding diaryl/α,β-unsaturated/α-hetero) is 1. The maximum absolute atomic E-state index is 10.8. The first-order chi connectivity index (χ1) is 4.22. The smallest absolute Gasteiger partial charge is 0.303 e. The van der Waals surface area contributed by atoms with Crippen molar-refractivity contribution in [3.05, 3.63) is 0 Å². The molecule has 9 heavy (non-hydrogen) atoms. The van der Waals surface area contributed by atoms with Crippen molar-refractivity contribution in [1.82, 2.24) is 0 Å². The van der Waals surface area contributed by atoms with E-state index in [1.54, 1.807) is 0 Å². The van der Waals surface area contributed by atoms with Gasteiger partial charge in [-0.3, -0.25) is 4.79 Å². The van der Waals surface area contributed by atoms with Gasteiger partial charge in [0, 0.05) is 4.53 Å². The van der Waals surface area contributed by atoms with Gasteiger partial charge >= 0.3 is 5.97 Å². The van der Waals surface area contributed by atoms with Gasteiger partial charge in [-0.25, -0.2) is 9.74 Å². The van der Waals surface area contributed by atoms with Crippen molar-refractivity contribution in [2.75, 3.05) is 0 Å². The molecule has 0 radical (unpaired) electrons. The largest absolute Gasteiger partial charge is 0.415 e. The molecule has 0 rings (SSSR count). The standard InChI is InChI=1S/C4H3FO4/c5-9-4(8)3(7)1-2-6/h2H,1H2. The lowest BCUT2D eigenvalue weighted by Crippen LogP contribution is -2.13. The minimum Gasteiger partial charge on any atom is -0.303 e. The molecule has 0 aliphatic rings. The number of hydrogen-bond donors (Lipinski definition) is 0. The topological polar surface area (TPSA) is 60.4 Å². The lowest BCUT2D eigenvalue weighted by Gasteiger charge is -1.84. The van der Waals surface area contributed by atoms with E-state index in [4.69, 9.17) is 0 Å². The van der Waals surface area contributed by atoms with E-state index in [9.17, 15) is 18.9 Å². The Hall–Kier alpha value is -1.26. The summed E-state index contributed by atoms with van der Waals surface area (Å²) >= 11 is 0. The van der Waals surface area contributed by atoms with E-state index in [1.165, 1.54) is 0 Å². The van der Waals surface area contributed by atoms with Gasteiger partial charge in [0.1, 0.15) is 6.29 Å². The molecule has 0 aromatic heterocycles. The van der Waals surface area contributed by atoms with Gasteiger partial charge in [-0.1, -0.05) is 0 Å². The normalized spacial score (nSPS) is 8.11. The Kier molecular flexibility index (Phi) is 3.19. The maximum atomic E-state index is 10.8. The fraction of sp³-hybridized carbons (Fsp3) is 0.250. The fourth-order valence-electron chi connectivity index (χ4n) is 0.202. The molecule has 0 bridgehead atoms. The van der Waals surface area contributed by atoms with Crippen molar-refractivity contribution in [3.8, 4) is 0 Å². The second-order valence-electron chi connectivity index (χ2n) is 1.16. The predicted molar refractivity (Wildman–Crippen MR) is 22.9 cm³/mol. The summed E-state index contributed by atoms with van der Waals surface area (Å²) < 4.78 is 10.8. The van der Waals surface area contributed by atoms with Crippen molar-refractivity contribution in [2.24, 2.45) is 0 Å².